The fraction of sp³-hybridized carbons (Fsp3) is 0.522. The molecule has 5 heterocycles. The van der Waals surface area contributed by atoms with E-state index in [0.29, 0.717) is 29.7 Å². The van der Waals surface area contributed by atoms with Gasteiger partial charge in [0.15, 0.2) is 5.82 Å². The molecule has 162 valence electrons. The minimum absolute atomic E-state index is 0.00127. The van der Waals surface area contributed by atoms with E-state index in [9.17, 15) is 4.79 Å². The third kappa shape index (κ3) is 3.04. The lowest BCUT2D eigenvalue weighted by atomic mass is 9.62. The van der Waals surface area contributed by atoms with E-state index < -0.39 is 0 Å². The average molecular weight is 422 g/mol. The van der Waals surface area contributed by atoms with Gasteiger partial charge in [-0.05, 0) is 38.5 Å². The number of rotatable bonds is 5. The number of carbonyl (C=O) groups is 1. The number of fused-ring (bicyclic) bond motifs is 2. The summed E-state index contributed by atoms with van der Waals surface area (Å²) in [5.74, 6) is 1.51. The Morgan fingerprint density at radius 3 is 2.77 bits per heavy atom. The van der Waals surface area contributed by atoms with Gasteiger partial charge in [0.05, 0.1) is 29.6 Å². The van der Waals surface area contributed by atoms with Gasteiger partial charge in [-0.3, -0.25) is 9.48 Å². The second-order valence-electron chi connectivity index (χ2n) is 9.96. The van der Waals surface area contributed by atoms with Gasteiger partial charge in [0, 0.05) is 43.2 Å². The molecule has 3 aromatic heterocycles. The molecule has 8 nitrogen and oxygen atoms in total. The Balaban J connectivity index is 1.36. The summed E-state index contributed by atoms with van der Waals surface area (Å²) >= 11 is 0. The zero-order chi connectivity index (χ0) is 21.4. The third-order valence-electron chi connectivity index (χ3n) is 7.04. The molecule has 2 saturated heterocycles. The Morgan fingerprint density at radius 2 is 2.13 bits per heavy atom. The maximum atomic E-state index is 13.1. The van der Waals surface area contributed by atoms with Crippen LogP contribution in [0.1, 0.15) is 55.6 Å². The van der Waals surface area contributed by atoms with E-state index in [4.69, 9.17) is 14.5 Å². The highest BCUT2D eigenvalue weighted by molar-refractivity contribution is 6.05. The minimum atomic E-state index is -0.239. The lowest BCUT2D eigenvalue weighted by molar-refractivity contribution is 0.0154. The van der Waals surface area contributed by atoms with Gasteiger partial charge < -0.3 is 19.2 Å². The molecule has 2 saturated carbocycles. The van der Waals surface area contributed by atoms with E-state index >= 15 is 0 Å². The molecule has 31 heavy (non-hydrogen) atoms. The first-order valence-electron chi connectivity index (χ1n) is 11.0. The van der Waals surface area contributed by atoms with Crippen LogP contribution in [0.25, 0.3) is 5.65 Å². The van der Waals surface area contributed by atoms with E-state index in [-0.39, 0.29) is 23.0 Å². The molecule has 2 aliphatic heterocycles. The first-order valence-corrected chi connectivity index (χ1v) is 11.0. The normalized spacial score (nSPS) is 31.3. The van der Waals surface area contributed by atoms with Crippen molar-refractivity contribution in [2.45, 2.75) is 56.7 Å². The van der Waals surface area contributed by atoms with Gasteiger partial charge >= 0.3 is 0 Å². The Morgan fingerprint density at radius 1 is 1.32 bits per heavy atom. The van der Waals surface area contributed by atoms with Crippen molar-refractivity contribution in [2.75, 3.05) is 11.9 Å². The van der Waals surface area contributed by atoms with Crippen molar-refractivity contribution in [2.24, 2.45) is 13.0 Å². The second kappa shape index (κ2) is 6.32. The van der Waals surface area contributed by atoms with Crippen LogP contribution in [0.3, 0.4) is 0 Å². The molecular weight excluding hydrogens is 394 g/mol. The molecule has 0 aromatic carbocycles. The molecule has 1 amide bonds. The topological polar surface area (TPSA) is 82.7 Å². The fourth-order valence-electron chi connectivity index (χ4n) is 5.46. The van der Waals surface area contributed by atoms with E-state index in [1.165, 1.54) is 0 Å². The van der Waals surface area contributed by atoms with Crippen molar-refractivity contribution in [1.82, 2.24) is 19.2 Å². The molecule has 0 unspecified atom stereocenters. The van der Waals surface area contributed by atoms with Crippen LogP contribution in [0.4, 0.5) is 5.82 Å². The number of hydrogen-bond donors (Lipinski definition) is 1. The highest BCUT2D eigenvalue weighted by atomic mass is 16.5. The number of aryl methyl sites for hydroxylation is 1. The minimum Gasteiger partial charge on any atom is -0.489 e. The fourth-order valence-corrected chi connectivity index (χ4v) is 5.46. The number of carbonyl (C=O) groups excluding carboxylic acids is 1. The SMILES string of the molecule is CC1CC(Oc2cc3nc(C45COC(C)(C4)C5)cn3cc2C(=O)Nc2ccn(C)n2)C1. The summed E-state index contributed by atoms with van der Waals surface area (Å²) in [6, 6.07) is 3.66. The number of pyridine rings is 1. The zero-order valence-corrected chi connectivity index (χ0v) is 18.1. The number of ether oxygens (including phenoxy) is 2. The summed E-state index contributed by atoms with van der Waals surface area (Å²) in [7, 11) is 1.82. The molecule has 0 atom stereocenters. The van der Waals surface area contributed by atoms with Gasteiger partial charge in [-0.2, -0.15) is 5.10 Å². The molecule has 7 rings (SSSR count). The van der Waals surface area contributed by atoms with Crippen LogP contribution in [-0.2, 0) is 17.2 Å². The number of aromatic nitrogens is 4. The van der Waals surface area contributed by atoms with Crippen LogP contribution < -0.4 is 10.1 Å². The number of amides is 1. The summed E-state index contributed by atoms with van der Waals surface area (Å²) < 4.78 is 15.8. The van der Waals surface area contributed by atoms with Gasteiger partial charge in [-0.15, -0.1) is 0 Å². The van der Waals surface area contributed by atoms with Gasteiger partial charge in [-0.25, -0.2) is 4.98 Å². The van der Waals surface area contributed by atoms with Crippen LogP contribution in [-0.4, -0.2) is 43.4 Å². The Bertz CT molecular complexity index is 1180. The summed E-state index contributed by atoms with van der Waals surface area (Å²) in [6.07, 6.45) is 9.81. The second-order valence-corrected chi connectivity index (χ2v) is 9.96. The number of anilines is 1. The lowest BCUT2D eigenvalue weighted by Crippen LogP contribution is -2.45. The van der Waals surface area contributed by atoms with Crippen LogP contribution in [0.5, 0.6) is 5.75 Å². The molecule has 8 heteroatoms. The Labute approximate surface area is 180 Å². The highest BCUT2D eigenvalue weighted by Crippen LogP contribution is 2.58. The summed E-state index contributed by atoms with van der Waals surface area (Å²) in [4.78, 5) is 18.0. The van der Waals surface area contributed by atoms with E-state index in [1.54, 1.807) is 16.9 Å². The molecule has 3 aromatic rings. The summed E-state index contributed by atoms with van der Waals surface area (Å²) in [5.41, 5.74) is 2.32. The first kappa shape index (κ1) is 18.9. The van der Waals surface area contributed by atoms with Crippen molar-refractivity contribution >= 4 is 17.4 Å². The molecule has 4 aliphatic rings. The number of imidazole rings is 1. The van der Waals surface area contributed by atoms with Crippen molar-refractivity contribution in [1.29, 1.82) is 0 Å². The van der Waals surface area contributed by atoms with Gasteiger partial charge in [0.2, 0.25) is 0 Å². The predicted octanol–water partition coefficient (Wildman–Crippen LogP) is 3.32. The molecule has 0 spiro atoms. The van der Waals surface area contributed by atoms with Gasteiger partial charge in [-0.1, -0.05) is 6.92 Å². The number of nitrogens with one attached hydrogen (secondary N) is 1. The predicted molar refractivity (Wildman–Crippen MR) is 114 cm³/mol. The molecule has 2 bridgehead atoms. The lowest BCUT2D eigenvalue weighted by Gasteiger charge is -2.41. The van der Waals surface area contributed by atoms with E-state index in [2.05, 4.69) is 24.3 Å². The van der Waals surface area contributed by atoms with E-state index in [1.807, 2.05) is 29.9 Å². The number of hydrogen-bond acceptors (Lipinski definition) is 5. The zero-order valence-electron chi connectivity index (χ0n) is 18.1. The Kier molecular flexibility index (Phi) is 3.85. The average Bonchev–Trinajstić information content (AvgIpc) is 3.42. The highest BCUT2D eigenvalue weighted by Gasteiger charge is 2.61. The van der Waals surface area contributed by atoms with E-state index in [0.717, 1.165) is 37.0 Å². The molecule has 1 N–H and O–H groups in total. The van der Waals surface area contributed by atoms with Crippen molar-refractivity contribution in [3.63, 3.8) is 0 Å². The number of nitrogens with zero attached hydrogens (tertiary/aromatic N) is 4. The largest absolute Gasteiger partial charge is 0.489 e. The molecular formula is C23H27N5O3. The monoisotopic (exact) mass is 421 g/mol. The smallest absolute Gasteiger partial charge is 0.262 e. The third-order valence-corrected chi connectivity index (χ3v) is 7.04. The first-order chi connectivity index (χ1) is 14.8. The van der Waals surface area contributed by atoms with Gasteiger partial charge in [0.1, 0.15) is 11.4 Å². The van der Waals surface area contributed by atoms with Crippen molar-refractivity contribution in [3.8, 4) is 5.75 Å². The van der Waals surface area contributed by atoms with Crippen LogP contribution >= 0.6 is 0 Å². The quantitative estimate of drug-likeness (QED) is 0.683. The van der Waals surface area contributed by atoms with Crippen molar-refractivity contribution < 1.29 is 14.3 Å². The van der Waals surface area contributed by atoms with Crippen LogP contribution in [0.15, 0.2) is 30.7 Å². The molecule has 2 aliphatic carbocycles. The molecule has 4 fully saturated rings. The summed E-state index contributed by atoms with van der Waals surface area (Å²) in [6.45, 7) is 5.09. The maximum Gasteiger partial charge on any atom is 0.262 e. The van der Waals surface area contributed by atoms with Crippen molar-refractivity contribution in [3.05, 3.63) is 42.0 Å². The molecule has 0 radical (unpaired) electrons. The van der Waals surface area contributed by atoms with Crippen LogP contribution in [0.2, 0.25) is 0 Å². The standard InChI is InChI=1S/C23H27N5O3/c1-14-6-15(7-14)31-17-8-20-24-18(23-11-22(2,12-23)30-13-23)10-28(20)9-16(17)21(29)25-19-4-5-27(3)26-19/h4-5,8-10,14-15H,6-7,11-13H2,1-3H3,(H,25,26,29). The van der Waals surface area contributed by atoms with Crippen LogP contribution in [0, 0.1) is 5.92 Å². The summed E-state index contributed by atoms with van der Waals surface area (Å²) in [5, 5.41) is 7.13. The Hall–Kier alpha value is -2.87. The van der Waals surface area contributed by atoms with Gasteiger partial charge in [0.25, 0.3) is 5.91 Å². The maximum absolute atomic E-state index is 13.1.